The first-order chi connectivity index (χ1) is 9.86. The number of guanidine groups is 1. The molecule has 1 rings (SSSR count). The zero-order valence-electron chi connectivity index (χ0n) is 12.6. The predicted molar refractivity (Wildman–Crippen MR) is 80.0 cm³/mol. The van der Waals surface area contributed by atoms with Crippen LogP contribution in [-0.4, -0.2) is 63.7 Å². The summed E-state index contributed by atoms with van der Waals surface area (Å²) in [5, 5.41) is 15.0. The molecule has 1 fully saturated rings. The third kappa shape index (κ3) is 8.35. The third-order valence-corrected chi connectivity index (χ3v) is 3.16. The molecule has 6 heteroatoms. The lowest BCUT2D eigenvalue weighted by Crippen LogP contribution is -2.38. The molecule has 0 amide bonds. The van der Waals surface area contributed by atoms with Gasteiger partial charge >= 0.3 is 0 Å². The molecule has 0 spiro atoms. The van der Waals surface area contributed by atoms with Crippen molar-refractivity contribution < 1.29 is 14.6 Å². The Morgan fingerprint density at radius 1 is 1.35 bits per heavy atom. The summed E-state index contributed by atoms with van der Waals surface area (Å²) in [4.78, 5) is 4.42. The molecule has 0 radical (unpaired) electrons. The van der Waals surface area contributed by atoms with Gasteiger partial charge in [0.15, 0.2) is 5.96 Å². The number of aliphatic hydroxyl groups is 1. The lowest BCUT2D eigenvalue weighted by molar-refractivity contribution is 0.0205. The van der Waals surface area contributed by atoms with Crippen molar-refractivity contribution in [1.29, 1.82) is 0 Å². The molecule has 0 bridgehead atoms. The zero-order valence-corrected chi connectivity index (χ0v) is 12.6. The van der Waals surface area contributed by atoms with E-state index >= 15 is 0 Å². The Balaban J connectivity index is 2.03. The van der Waals surface area contributed by atoms with Gasteiger partial charge in [0.05, 0.1) is 6.61 Å². The number of nitrogens with zero attached hydrogens (tertiary/aromatic N) is 1. The maximum absolute atomic E-state index is 8.77. The second kappa shape index (κ2) is 11.9. The van der Waals surface area contributed by atoms with Crippen molar-refractivity contribution in [2.75, 3.05) is 52.7 Å². The van der Waals surface area contributed by atoms with Crippen LogP contribution in [0, 0.1) is 5.92 Å². The minimum Gasteiger partial charge on any atom is -0.395 e. The highest BCUT2D eigenvalue weighted by Crippen LogP contribution is 2.14. The van der Waals surface area contributed by atoms with Gasteiger partial charge in [-0.05, 0) is 32.1 Å². The molecule has 0 saturated carbocycles. The van der Waals surface area contributed by atoms with Crippen LogP contribution in [0.4, 0.5) is 0 Å². The van der Waals surface area contributed by atoms with Crippen LogP contribution in [0.3, 0.4) is 0 Å². The third-order valence-electron chi connectivity index (χ3n) is 3.16. The van der Waals surface area contributed by atoms with E-state index in [1.54, 1.807) is 0 Å². The van der Waals surface area contributed by atoms with Crippen LogP contribution in [0.5, 0.6) is 0 Å². The van der Waals surface area contributed by atoms with E-state index in [4.69, 9.17) is 14.6 Å². The van der Waals surface area contributed by atoms with Crippen molar-refractivity contribution in [1.82, 2.24) is 10.6 Å². The van der Waals surface area contributed by atoms with Crippen molar-refractivity contribution in [2.45, 2.75) is 26.2 Å². The zero-order chi connectivity index (χ0) is 14.5. The standard InChI is InChI=1S/C14H29N3O3/c1-2-15-14(17-7-8-18)16-6-3-9-20-12-13-4-10-19-11-5-13/h13,18H,2-12H2,1H3,(H2,15,16,17). The van der Waals surface area contributed by atoms with Crippen molar-refractivity contribution in [3.05, 3.63) is 0 Å². The second-order valence-electron chi connectivity index (χ2n) is 4.90. The highest BCUT2D eigenvalue weighted by molar-refractivity contribution is 5.79. The number of rotatable bonds is 9. The predicted octanol–water partition coefficient (Wildman–Crippen LogP) is 0.367. The molecule has 20 heavy (non-hydrogen) atoms. The maximum Gasteiger partial charge on any atom is 0.191 e. The molecule has 6 nitrogen and oxygen atoms in total. The molecule has 1 aliphatic rings. The van der Waals surface area contributed by atoms with E-state index in [9.17, 15) is 0 Å². The fourth-order valence-corrected chi connectivity index (χ4v) is 2.04. The monoisotopic (exact) mass is 287 g/mol. The van der Waals surface area contributed by atoms with E-state index in [0.29, 0.717) is 12.5 Å². The highest BCUT2D eigenvalue weighted by atomic mass is 16.5. The number of hydrogen-bond donors (Lipinski definition) is 3. The van der Waals surface area contributed by atoms with E-state index in [1.165, 1.54) is 0 Å². The molecule has 1 saturated heterocycles. The van der Waals surface area contributed by atoms with Crippen LogP contribution >= 0.6 is 0 Å². The summed E-state index contributed by atoms with van der Waals surface area (Å²) in [5.41, 5.74) is 0. The molecule has 0 unspecified atom stereocenters. The van der Waals surface area contributed by atoms with Crippen LogP contribution in [0.25, 0.3) is 0 Å². The van der Waals surface area contributed by atoms with Crippen molar-refractivity contribution in [3.8, 4) is 0 Å². The van der Waals surface area contributed by atoms with Gasteiger partial charge in [-0.15, -0.1) is 0 Å². The van der Waals surface area contributed by atoms with Crippen LogP contribution < -0.4 is 10.6 Å². The number of ether oxygens (including phenoxy) is 2. The molecular formula is C14H29N3O3. The van der Waals surface area contributed by atoms with Crippen LogP contribution in [0.15, 0.2) is 4.99 Å². The van der Waals surface area contributed by atoms with Gasteiger partial charge in [0.1, 0.15) is 0 Å². The summed E-state index contributed by atoms with van der Waals surface area (Å²) < 4.78 is 11.0. The fourth-order valence-electron chi connectivity index (χ4n) is 2.04. The van der Waals surface area contributed by atoms with Gasteiger partial charge in [0.25, 0.3) is 0 Å². The summed E-state index contributed by atoms with van der Waals surface area (Å²) in [6, 6.07) is 0. The molecule has 3 N–H and O–H groups in total. The van der Waals surface area contributed by atoms with E-state index in [2.05, 4.69) is 15.6 Å². The van der Waals surface area contributed by atoms with Gasteiger partial charge in [-0.2, -0.15) is 0 Å². The fraction of sp³-hybridized carbons (Fsp3) is 0.929. The molecule has 1 aliphatic heterocycles. The van der Waals surface area contributed by atoms with Crippen LogP contribution in [0.1, 0.15) is 26.2 Å². The van der Waals surface area contributed by atoms with E-state index in [0.717, 1.165) is 64.7 Å². The summed E-state index contributed by atoms with van der Waals surface area (Å²) in [5.74, 6) is 1.42. The quantitative estimate of drug-likeness (QED) is 0.324. The van der Waals surface area contributed by atoms with Gasteiger partial charge in [0, 0.05) is 46.1 Å². The molecule has 0 aromatic rings. The number of nitrogens with one attached hydrogen (secondary N) is 2. The molecule has 118 valence electrons. The Morgan fingerprint density at radius 3 is 2.85 bits per heavy atom. The topological polar surface area (TPSA) is 75.1 Å². The lowest BCUT2D eigenvalue weighted by atomic mass is 10.0. The summed E-state index contributed by atoms with van der Waals surface area (Å²) in [6.07, 6.45) is 3.15. The molecule has 1 heterocycles. The number of aliphatic hydroxyl groups excluding tert-OH is 1. The molecule has 0 aliphatic carbocycles. The summed E-state index contributed by atoms with van der Waals surface area (Å²) in [7, 11) is 0. The Hall–Kier alpha value is -0.850. The minimum atomic E-state index is 0.110. The van der Waals surface area contributed by atoms with Crippen LogP contribution in [-0.2, 0) is 9.47 Å². The first-order valence-electron chi connectivity index (χ1n) is 7.65. The average molecular weight is 287 g/mol. The molecule has 0 atom stereocenters. The van der Waals surface area contributed by atoms with Gasteiger partial charge in [-0.25, -0.2) is 0 Å². The van der Waals surface area contributed by atoms with Gasteiger partial charge in [-0.3, -0.25) is 4.99 Å². The first kappa shape index (κ1) is 17.2. The van der Waals surface area contributed by atoms with Crippen molar-refractivity contribution >= 4 is 5.96 Å². The Bertz CT molecular complexity index is 256. The minimum absolute atomic E-state index is 0.110. The number of hydrogen-bond acceptors (Lipinski definition) is 4. The van der Waals surface area contributed by atoms with E-state index in [1.807, 2.05) is 6.92 Å². The smallest absolute Gasteiger partial charge is 0.191 e. The van der Waals surface area contributed by atoms with E-state index < -0.39 is 0 Å². The molecule has 0 aromatic carbocycles. The van der Waals surface area contributed by atoms with Gasteiger partial charge < -0.3 is 25.2 Å². The second-order valence-corrected chi connectivity index (χ2v) is 4.90. The normalized spacial score (nSPS) is 17.2. The average Bonchev–Trinajstić information content (AvgIpc) is 2.49. The Labute approximate surface area is 121 Å². The number of aliphatic imine (C=N–C) groups is 1. The van der Waals surface area contributed by atoms with Gasteiger partial charge in [-0.1, -0.05) is 0 Å². The molecule has 0 aromatic heterocycles. The Kier molecular flexibility index (Phi) is 10.3. The van der Waals surface area contributed by atoms with Gasteiger partial charge in [0.2, 0.25) is 0 Å². The first-order valence-corrected chi connectivity index (χ1v) is 7.65. The Morgan fingerprint density at radius 2 is 2.15 bits per heavy atom. The highest BCUT2D eigenvalue weighted by Gasteiger charge is 2.13. The largest absolute Gasteiger partial charge is 0.395 e. The molecular weight excluding hydrogens is 258 g/mol. The van der Waals surface area contributed by atoms with Crippen LogP contribution in [0.2, 0.25) is 0 Å². The summed E-state index contributed by atoms with van der Waals surface area (Å²) >= 11 is 0. The maximum atomic E-state index is 8.77. The van der Waals surface area contributed by atoms with E-state index in [-0.39, 0.29) is 6.61 Å². The van der Waals surface area contributed by atoms with Crippen molar-refractivity contribution in [2.24, 2.45) is 10.9 Å². The summed E-state index contributed by atoms with van der Waals surface area (Å²) in [6.45, 7) is 7.54. The lowest BCUT2D eigenvalue weighted by Gasteiger charge is -2.21. The van der Waals surface area contributed by atoms with Crippen molar-refractivity contribution in [3.63, 3.8) is 0 Å². The SMILES string of the molecule is CCNC(=NCCCOCC1CCOCC1)NCCO.